The first-order valence-corrected chi connectivity index (χ1v) is 9.66. The molecule has 0 bridgehead atoms. The highest BCUT2D eigenvalue weighted by Gasteiger charge is 2.54. The molecular weight excluding hydrogens is 537 g/mol. The van der Waals surface area contributed by atoms with E-state index in [4.69, 9.17) is 11.6 Å². The molecule has 2 aliphatic rings. The van der Waals surface area contributed by atoms with Gasteiger partial charge in [-0.1, -0.05) is 17.7 Å². The van der Waals surface area contributed by atoms with Crippen molar-refractivity contribution in [1.29, 1.82) is 0 Å². The molecule has 4 rings (SSSR count). The molecule has 2 aromatic rings. The van der Waals surface area contributed by atoms with Crippen molar-refractivity contribution in [2.24, 2.45) is 0 Å². The van der Waals surface area contributed by atoms with Crippen LogP contribution in [-0.2, 0) is 0 Å². The van der Waals surface area contributed by atoms with Crippen molar-refractivity contribution in [3.8, 4) is 5.75 Å². The first-order valence-electron chi connectivity index (χ1n) is 7.70. The lowest BCUT2D eigenvalue weighted by Gasteiger charge is -2.32. The average molecular weight is 544 g/mol. The second-order valence-electron chi connectivity index (χ2n) is 5.98. The van der Waals surface area contributed by atoms with Crippen molar-refractivity contribution in [3.05, 3.63) is 69.1 Å². The minimum atomic E-state index is -4.90. The Kier molecular flexibility index (Phi) is 4.55. The zero-order valence-corrected chi connectivity index (χ0v) is 17.4. The maximum Gasteiger partial charge on any atom is 0.738 e. The summed E-state index contributed by atoms with van der Waals surface area (Å²) in [5.41, 5.74) is 1.17. The van der Waals surface area contributed by atoms with Gasteiger partial charge in [0.2, 0.25) is 4.62 Å². The van der Waals surface area contributed by atoms with Crippen molar-refractivity contribution < 1.29 is 31.0 Å². The smallest absolute Gasteiger partial charge is 0.404 e. The highest BCUT2D eigenvalue weighted by molar-refractivity contribution is 9.18. The standard InChI is InChI=1S/C16H7BBr2ClF5N2O/c18-13-5-2-10-15(8-1-4-12(9(20)7-8)28-16(21,22)23)11-3-6-14(19)27(11)17(24,25)26(10)13/h1-7H. The highest BCUT2D eigenvalue weighted by atomic mass is 79.9. The van der Waals surface area contributed by atoms with Crippen molar-refractivity contribution >= 4 is 60.6 Å². The molecule has 0 saturated carbocycles. The number of halogens is 8. The molecule has 0 amide bonds. The lowest BCUT2D eigenvalue weighted by atomic mass is 9.86. The van der Waals surface area contributed by atoms with Gasteiger partial charge < -0.3 is 22.3 Å². The number of rotatable bonds is 2. The first-order chi connectivity index (χ1) is 13.0. The van der Waals surface area contributed by atoms with E-state index in [1.807, 2.05) is 0 Å². The number of ether oxygens (including phenoxy) is 1. The van der Waals surface area contributed by atoms with Crippen LogP contribution < -0.4 is 4.74 Å². The van der Waals surface area contributed by atoms with Crippen LogP contribution in [0.5, 0.6) is 5.75 Å². The fourth-order valence-electron chi connectivity index (χ4n) is 3.29. The summed E-state index contributed by atoms with van der Waals surface area (Å²) in [6.45, 7) is -4.19. The monoisotopic (exact) mass is 542 g/mol. The van der Waals surface area contributed by atoms with Crippen molar-refractivity contribution in [1.82, 2.24) is 4.48 Å². The van der Waals surface area contributed by atoms with E-state index < -0.39 is 19.1 Å². The Morgan fingerprint density at radius 3 is 2.43 bits per heavy atom. The van der Waals surface area contributed by atoms with Gasteiger partial charge in [0.1, 0.15) is 5.75 Å². The summed E-state index contributed by atoms with van der Waals surface area (Å²) < 4.78 is 73.6. The quantitative estimate of drug-likeness (QED) is 0.327. The number of fused-ring (bicyclic) bond motifs is 2. The van der Waals surface area contributed by atoms with E-state index in [0.29, 0.717) is 11.1 Å². The zero-order valence-electron chi connectivity index (χ0n) is 13.4. The van der Waals surface area contributed by atoms with E-state index in [0.717, 1.165) is 15.0 Å². The average Bonchev–Trinajstić information content (AvgIpc) is 3.14. The molecule has 3 nitrogen and oxygen atoms in total. The highest BCUT2D eigenvalue weighted by Crippen LogP contribution is 2.43. The van der Waals surface area contributed by atoms with Gasteiger partial charge in [0.25, 0.3) is 0 Å². The summed E-state index contributed by atoms with van der Waals surface area (Å²) in [5, 5.41) is -0.292. The summed E-state index contributed by atoms with van der Waals surface area (Å²) in [6, 6.07) is 6.64. The van der Waals surface area contributed by atoms with Gasteiger partial charge in [-0.05, 0) is 45.8 Å². The van der Waals surface area contributed by atoms with Crippen molar-refractivity contribution in [2.45, 2.75) is 6.36 Å². The number of hydrogen-bond acceptors (Lipinski definition) is 1. The molecule has 0 saturated heterocycles. The largest absolute Gasteiger partial charge is 0.738 e. The van der Waals surface area contributed by atoms with Gasteiger partial charge in [0.05, 0.1) is 15.2 Å². The molecule has 1 aromatic heterocycles. The maximum atomic E-state index is 15.1. The summed E-state index contributed by atoms with van der Waals surface area (Å²) in [7, 11) is 0. The van der Waals surface area contributed by atoms with Crippen LogP contribution in [0.15, 0.2) is 52.8 Å². The molecule has 12 heteroatoms. The van der Waals surface area contributed by atoms with Gasteiger partial charge >= 0.3 is 13.3 Å². The van der Waals surface area contributed by atoms with Crippen LogP contribution in [0.3, 0.4) is 0 Å². The van der Waals surface area contributed by atoms with E-state index in [1.165, 1.54) is 36.4 Å². The van der Waals surface area contributed by atoms with E-state index >= 15 is 8.63 Å². The molecule has 1 aromatic carbocycles. The second-order valence-corrected chi connectivity index (χ2v) is 8.01. The van der Waals surface area contributed by atoms with Crippen LogP contribution in [0.4, 0.5) is 21.8 Å². The van der Waals surface area contributed by atoms with Crippen LogP contribution in [0.1, 0.15) is 11.3 Å². The summed E-state index contributed by atoms with van der Waals surface area (Å²) in [6.07, 6.45) is -1.91. The fraction of sp³-hybridized carbons (Fsp3) is 0.0625. The minimum Gasteiger partial charge on any atom is -0.404 e. The first kappa shape index (κ1) is 19.7. The molecule has 3 heterocycles. The van der Waals surface area contributed by atoms with Crippen LogP contribution in [0.25, 0.3) is 5.57 Å². The van der Waals surface area contributed by atoms with E-state index in [-0.39, 0.29) is 25.6 Å². The predicted octanol–water partition coefficient (Wildman–Crippen LogP) is 6.17. The topological polar surface area (TPSA) is 17.2 Å². The van der Waals surface area contributed by atoms with Crippen molar-refractivity contribution in [3.63, 3.8) is 0 Å². The van der Waals surface area contributed by atoms with Gasteiger partial charge in [-0.2, -0.15) is 0 Å². The Bertz CT molecular complexity index is 1110. The molecule has 2 aliphatic heterocycles. The SMILES string of the molecule is F[B-]1(F)n2c(Br)ccc2C(c2ccc(OC(F)(F)F)c(Cl)c2)=C2C=CC(Br)=[N+]21. The summed E-state index contributed by atoms with van der Waals surface area (Å²) in [5.74, 6) is -0.572. The Labute approximate surface area is 177 Å². The molecule has 0 spiro atoms. The number of alkyl halides is 3. The third-order valence-corrected chi connectivity index (χ3v) is 5.90. The maximum absolute atomic E-state index is 15.1. The molecule has 0 aliphatic carbocycles. The fourth-order valence-corrected chi connectivity index (χ4v) is 4.65. The van der Waals surface area contributed by atoms with Gasteiger partial charge in [0, 0.05) is 33.8 Å². The lowest BCUT2D eigenvalue weighted by molar-refractivity contribution is -0.358. The number of benzene rings is 1. The molecule has 0 N–H and O–H groups in total. The number of aromatic nitrogens is 1. The van der Waals surface area contributed by atoms with E-state index in [1.54, 1.807) is 0 Å². The molecule has 0 radical (unpaired) electrons. The van der Waals surface area contributed by atoms with Crippen LogP contribution in [-0.4, -0.2) is 26.9 Å². The second kappa shape index (κ2) is 6.46. The minimum absolute atomic E-state index is 0.166. The summed E-state index contributed by atoms with van der Waals surface area (Å²) >= 11 is 12.2. The van der Waals surface area contributed by atoms with E-state index in [9.17, 15) is 13.2 Å². The Hall–Kier alpha value is -1.59. The Morgan fingerprint density at radius 2 is 1.79 bits per heavy atom. The van der Waals surface area contributed by atoms with E-state index in [2.05, 4.69) is 36.6 Å². The van der Waals surface area contributed by atoms with Gasteiger partial charge in [0.15, 0.2) is 5.70 Å². The lowest BCUT2D eigenvalue weighted by Crippen LogP contribution is -2.50. The normalized spacial score (nSPS) is 17.9. The molecule has 28 heavy (non-hydrogen) atoms. The molecule has 146 valence electrons. The number of allylic oxidation sites excluding steroid dienone is 2. The van der Waals surface area contributed by atoms with Crippen LogP contribution >= 0.6 is 43.5 Å². The summed E-state index contributed by atoms with van der Waals surface area (Å²) in [4.78, 5) is 0. The third kappa shape index (κ3) is 3.03. The van der Waals surface area contributed by atoms with Crippen LogP contribution in [0.2, 0.25) is 5.02 Å². The number of nitrogens with zero attached hydrogens (tertiary/aromatic N) is 2. The molecular formula is C16H7BBr2ClF5N2O. The number of hydrogen-bond donors (Lipinski definition) is 0. The molecule has 0 fully saturated rings. The third-order valence-electron chi connectivity index (χ3n) is 4.32. The molecule has 0 atom stereocenters. The Morgan fingerprint density at radius 1 is 1.07 bits per heavy atom. The predicted molar refractivity (Wildman–Crippen MR) is 103 cm³/mol. The Balaban J connectivity index is 1.94. The van der Waals surface area contributed by atoms with Crippen LogP contribution in [0, 0.1) is 0 Å². The van der Waals surface area contributed by atoms with Crippen molar-refractivity contribution in [2.75, 3.05) is 0 Å². The van der Waals surface area contributed by atoms with Gasteiger partial charge in [-0.15, -0.1) is 13.2 Å². The van der Waals surface area contributed by atoms with Gasteiger partial charge in [-0.25, -0.2) is 0 Å². The zero-order chi connectivity index (χ0) is 20.4. The molecule has 0 unspecified atom stereocenters. The van der Waals surface area contributed by atoms with Gasteiger partial charge in [-0.3, -0.25) is 0 Å².